The average Bonchev–Trinajstić information content (AvgIpc) is 2.97. The predicted molar refractivity (Wildman–Crippen MR) is 77.0 cm³/mol. The highest BCUT2D eigenvalue weighted by Gasteiger charge is 2.13. The smallest absolute Gasteiger partial charge is 0.0896 e. The summed E-state index contributed by atoms with van der Waals surface area (Å²) in [4.78, 5) is 6.54. The van der Waals surface area contributed by atoms with Crippen LogP contribution >= 0.6 is 22.7 Å². The Morgan fingerprint density at radius 3 is 2.89 bits per heavy atom. The molecule has 2 N–H and O–H groups in total. The summed E-state index contributed by atoms with van der Waals surface area (Å²) in [5.41, 5.74) is 2.97. The summed E-state index contributed by atoms with van der Waals surface area (Å²) in [5.74, 6) is 0. The van der Waals surface area contributed by atoms with Crippen LogP contribution in [0, 0.1) is 6.92 Å². The second kappa shape index (κ2) is 6.43. The molecule has 0 fully saturated rings. The van der Waals surface area contributed by atoms with Crippen LogP contribution in [0.15, 0.2) is 23.0 Å². The van der Waals surface area contributed by atoms with Crippen molar-refractivity contribution in [3.8, 4) is 0 Å². The molecule has 5 heteroatoms. The van der Waals surface area contributed by atoms with Gasteiger partial charge in [-0.25, -0.2) is 4.98 Å². The van der Waals surface area contributed by atoms with Gasteiger partial charge in [0, 0.05) is 22.3 Å². The Balaban J connectivity index is 1.79. The molecule has 0 unspecified atom stereocenters. The van der Waals surface area contributed by atoms with Gasteiger partial charge >= 0.3 is 0 Å². The van der Waals surface area contributed by atoms with Crippen LogP contribution in [-0.2, 0) is 6.54 Å². The van der Waals surface area contributed by atoms with Crippen molar-refractivity contribution >= 4 is 22.7 Å². The molecule has 0 amide bonds. The normalized spacial score (nSPS) is 14.6. The van der Waals surface area contributed by atoms with Crippen molar-refractivity contribution in [1.29, 1.82) is 0 Å². The van der Waals surface area contributed by atoms with Crippen molar-refractivity contribution in [1.82, 2.24) is 10.3 Å². The molecule has 2 rings (SSSR count). The Hall–Kier alpha value is -0.750. The van der Waals surface area contributed by atoms with Crippen LogP contribution < -0.4 is 5.32 Å². The third-order valence-electron chi connectivity index (χ3n) is 2.90. The third kappa shape index (κ3) is 3.62. The number of thiazole rings is 1. The maximum absolute atomic E-state index is 10.1. The monoisotopic (exact) mass is 282 g/mol. The summed E-state index contributed by atoms with van der Waals surface area (Å²) in [6, 6.07) is 4.24. The van der Waals surface area contributed by atoms with Crippen molar-refractivity contribution in [2.45, 2.75) is 39.0 Å². The van der Waals surface area contributed by atoms with Gasteiger partial charge in [0.25, 0.3) is 0 Å². The lowest BCUT2D eigenvalue weighted by Crippen LogP contribution is -2.27. The maximum Gasteiger partial charge on any atom is 0.0896 e. The molecule has 98 valence electrons. The molecule has 0 aliphatic rings. The van der Waals surface area contributed by atoms with E-state index in [1.807, 2.05) is 29.9 Å². The van der Waals surface area contributed by atoms with Gasteiger partial charge in [-0.05, 0) is 31.7 Å². The number of aliphatic hydroxyl groups is 1. The first-order chi connectivity index (χ1) is 8.66. The van der Waals surface area contributed by atoms with E-state index in [-0.39, 0.29) is 12.1 Å². The highest BCUT2D eigenvalue weighted by atomic mass is 32.1. The lowest BCUT2D eigenvalue weighted by atomic mass is 10.1. The van der Waals surface area contributed by atoms with Crippen molar-refractivity contribution in [3.63, 3.8) is 0 Å². The Morgan fingerprint density at radius 2 is 2.28 bits per heavy atom. The number of hydrogen-bond donors (Lipinski definition) is 2. The van der Waals surface area contributed by atoms with E-state index in [1.165, 1.54) is 4.88 Å². The molecule has 18 heavy (non-hydrogen) atoms. The largest absolute Gasteiger partial charge is 0.388 e. The Labute approximate surface area is 116 Å². The molecular weight excluding hydrogens is 264 g/mol. The van der Waals surface area contributed by atoms with Crippen LogP contribution in [0.4, 0.5) is 0 Å². The van der Waals surface area contributed by atoms with E-state index in [4.69, 9.17) is 0 Å². The molecule has 0 radical (unpaired) electrons. The van der Waals surface area contributed by atoms with Crippen molar-refractivity contribution in [3.05, 3.63) is 38.5 Å². The molecule has 0 spiro atoms. The van der Waals surface area contributed by atoms with Gasteiger partial charge in [-0.2, -0.15) is 0 Å². The number of aryl methyl sites for hydroxylation is 1. The molecule has 0 bridgehead atoms. The van der Waals surface area contributed by atoms with Crippen LogP contribution in [-0.4, -0.2) is 16.1 Å². The van der Waals surface area contributed by atoms with Gasteiger partial charge in [0.05, 0.1) is 17.3 Å². The molecule has 3 nitrogen and oxygen atoms in total. The summed E-state index contributed by atoms with van der Waals surface area (Å²) >= 11 is 3.28. The van der Waals surface area contributed by atoms with Gasteiger partial charge < -0.3 is 10.4 Å². The van der Waals surface area contributed by atoms with Crippen LogP contribution in [0.3, 0.4) is 0 Å². The number of thiophene rings is 1. The molecule has 0 saturated carbocycles. The fourth-order valence-corrected chi connectivity index (χ4v) is 3.23. The van der Waals surface area contributed by atoms with Gasteiger partial charge in [-0.3, -0.25) is 0 Å². The maximum atomic E-state index is 10.1. The summed E-state index contributed by atoms with van der Waals surface area (Å²) in [7, 11) is 0. The Morgan fingerprint density at radius 1 is 1.44 bits per heavy atom. The summed E-state index contributed by atoms with van der Waals surface area (Å²) in [6.45, 7) is 4.96. The van der Waals surface area contributed by atoms with E-state index in [2.05, 4.69) is 17.2 Å². The summed E-state index contributed by atoms with van der Waals surface area (Å²) in [6.07, 6.45) is 0.369. The summed E-state index contributed by atoms with van der Waals surface area (Å²) in [5, 5.41) is 15.5. The molecular formula is C13H18N2OS2. The molecule has 2 atom stereocenters. The van der Waals surface area contributed by atoms with E-state index in [0.29, 0.717) is 0 Å². The van der Waals surface area contributed by atoms with Crippen LogP contribution in [0.25, 0.3) is 0 Å². The number of hydrogen-bond acceptors (Lipinski definition) is 5. The highest BCUT2D eigenvalue weighted by molar-refractivity contribution is 7.10. The zero-order chi connectivity index (χ0) is 13.0. The minimum atomic E-state index is -0.366. The minimum Gasteiger partial charge on any atom is -0.388 e. The van der Waals surface area contributed by atoms with Crippen molar-refractivity contribution in [2.75, 3.05) is 0 Å². The minimum absolute atomic E-state index is 0.281. The molecule has 2 heterocycles. The lowest BCUT2D eigenvalue weighted by molar-refractivity contribution is 0.157. The fourth-order valence-electron chi connectivity index (χ4n) is 1.78. The molecule has 0 aromatic carbocycles. The third-order valence-corrected chi connectivity index (χ3v) is 4.81. The average molecular weight is 282 g/mol. The molecule has 2 aromatic rings. The van der Waals surface area contributed by atoms with E-state index < -0.39 is 0 Å². The topological polar surface area (TPSA) is 45.2 Å². The zero-order valence-corrected chi connectivity index (χ0v) is 12.2. The summed E-state index contributed by atoms with van der Waals surface area (Å²) < 4.78 is 0. The number of nitrogens with zero attached hydrogens (tertiary/aromatic N) is 1. The number of aromatic nitrogens is 1. The van der Waals surface area contributed by atoms with E-state index >= 15 is 0 Å². The number of rotatable bonds is 6. The van der Waals surface area contributed by atoms with Crippen LogP contribution in [0.2, 0.25) is 0 Å². The molecule has 0 aliphatic heterocycles. The second-order valence-electron chi connectivity index (χ2n) is 4.41. The molecule has 0 saturated heterocycles. The quantitative estimate of drug-likeness (QED) is 0.855. The van der Waals surface area contributed by atoms with Gasteiger partial charge in [-0.15, -0.1) is 22.7 Å². The zero-order valence-electron chi connectivity index (χ0n) is 10.6. The van der Waals surface area contributed by atoms with Gasteiger partial charge in [0.1, 0.15) is 0 Å². The number of aliphatic hydroxyl groups excluding tert-OH is 1. The van der Waals surface area contributed by atoms with E-state index in [0.717, 1.165) is 23.5 Å². The first-order valence-corrected chi connectivity index (χ1v) is 7.76. The van der Waals surface area contributed by atoms with E-state index in [9.17, 15) is 5.11 Å². The number of nitrogens with one attached hydrogen (secondary N) is 1. The SMILES string of the molecule is Cc1ncsc1CN[C@H](C)C[C@H](O)c1cccs1. The molecule has 2 aromatic heterocycles. The first kappa shape index (κ1) is 13.7. The molecule has 0 aliphatic carbocycles. The van der Waals surface area contributed by atoms with E-state index in [1.54, 1.807) is 22.7 Å². The lowest BCUT2D eigenvalue weighted by Gasteiger charge is -2.16. The predicted octanol–water partition coefficient (Wildman–Crippen LogP) is 3.11. The fraction of sp³-hybridized carbons (Fsp3) is 0.462. The van der Waals surface area contributed by atoms with Gasteiger partial charge in [-0.1, -0.05) is 6.07 Å². The van der Waals surface area contributed by atoms with Crippen LogP contribution in [0.5, 0.6) is 0 Å². The van der Waals surface area contributed by atoms with Crippen LogP contribution in [0.1, 0.15) is 34.9 Å². The van der Waals surface area contributed by atoms with Gasteiger partial charge in [0.2, 0.25) is 0 Å². The van der Waals surface area contributed by atoms with Crippen molar-refractivity contribution in [2.24, 2.45) is 0 Å². The Bertz CT molecular complexity index is 467. The Kier molecular flexibility index (Phi) is 4.88. The highest BCUT2D eigenvalue weighted by Crippen LogP contribution is 2.23. The van der Waals surface area contributed by atoms with Crippen molar-refractivity contribution < 1.29 is 5.11 Å². The standard InChI is InChI=1S/C13H18N2OS2/c1-9(6-11(16)12-4-3-5-17-12)14-7-13-10(2)15-8-18-13/h3-5,8-9,11,14,16H,6-7H2,1-2H3/t9-,11+/m1/s1. The second-order valence-corrected chi connectivity index (χ2v) is 6.33. The van der Waals surface area contributed by atoms with Gasteiger partial charge in [0.15, 0.2) is 0 Å². The first-order valence-electron chi connectivity index (χ1n) is 6.00.